The average molecular weight is 241 g/mol. The summed E-state index contributed by atoms with van der Waals surface area (Å²) in [5, 5.41) is 4.25. The topological polar surface area (TPSA) is 21.1 Å². The van der Waals surface area contributed by atoms with Crippen molar-refractivity contribution in [1.29, 1.82) is 0 Å². The van der Waals surface area contributed by atoms with Gasteiger partial charge < -0.3 is 4.90 Å². The van der Waals surface area contributed by atoms with Crippen LogP contribution in [-0.2, 0) is 7.05 Å². The van der Waals surface area contributed by atoms with Crippen LogP contribution in [0.2, 0.25) is 0 Å². The van der Waals surface area contributed by atoms with Gasteiger partial charge in [-0.25, -0.2) is 0 Å². The second-order valence-electron chi connectivity index (χ2n) is 5.16. The number of anilines is 1. The molecule has 2 aromatic rings. The molecule has 0 radical (unpaired) electrons. The Morgan fingerprint density at radius 1 is 1.28 bits per heavy atom. The monoisotopic (exact) mass is 241 g/mol. The smallest absolute Gasteiger partial charge is 0.0568 e. The highest BCUT2D eigenvalue weighted by Crippen LogP contribution is 2.39. The van der Waals surface area contributed by atoms with E-state index in [1.54, 1.807) is 0 Å². The molecule has 1 aromatic carbocycles. The fraction of sp³-hybridized carbons (Fsp3) is 0.400. The summed E-state index contributed by atoms with van der Waals surface area (Å²) in [6.45, 7) is 3.41. The number of benzene rings is 1. The second kappa shape index (κ2) is 4.16. The summed E-state index contributed by atoms with van der Waals surface area (Å²) in [6, 6.07) is 6.78. The van der Waals surface area contributed by atoms with Gasteiger partial charge in [0.2, 0.25) is 0 Å². The van der Waals surface area contributed by atoms with Crippen molar-refractivity contribution in [3.8, 4) is 11.1 Å². The van der Waals surface area contributed by atoms with Crippen LogP contribution in [0.25, 0.3) is 11.1 Å². The van der Waals surface area contributed by atoms with Gasteiger partial charge in [-0.3, -0.25) is 4.68 Å². The number of aryl methyl sites for hydroxylation is 1. The van der Waals surface area contributed by atoms with Crippen LogP contribution >= 0.6 is 0 Å². The third-order valence-electron chi connectivity index (χ3n) is 3.90. The first-order valence-electron chi connectivity index (χ1n) is 6.53. The Labute approximate surface area is 108 Å². The summed E-state index contributed by atoms with van der Waals surface area (Å²) in [5.74, 6) is 0.668. The van der Waals surface area contributed by atoms with E-state index in [0.717, 1.165) is 6.54 Å². The van der Waals surface area contributed by atoms with Crippen molar-refractivity contribution in [2.75, 3.05) is 18.5 Å². The molecule has 0 aliphatic carbocycles. The standard InChI is InChI=1S/C15H19N3/c1-4-11-9-17(2)15-6-5-12(7-14(11)15)13-8-16-18(3)10-13/h5-8,10-11H,4,9H2,1-3H3. The van der Waals surface area contributed by atoms with E-state index < -0.39 is 0 Å². The quantitative estimate of drug-likeness (QED) is 0.806. The first-order chi connectivity index (χ1) is 8.69. The predicted octanol–water partition coefficient (Wildman–Crippen LogP) is 3.03. The van der Waals surface area contributed by atoms with E-state index in [1.807, 2.05) is 17.9 Å². The Bertz CT molecular complexity index is 571. The molecule has 0 bridgehead atoms. The number of nitrogens with zero attached hydrogens (tertiary/aromatic N) is 3. The molecular formula is C15H19N3. The van der Waals surface area contributed by atoms with Crippen LogP contribution in [0.3, 0.4) is 0 Å². The van der Waals surface area contributed by atoms with Crippen LogP contribution in [0.1, 0.15) is 24.8 Å². The lowest BCUT2D eigenvalue weighted by atomic mass is 9.95. The molecule has 3 rings (SSSR count). The van der Waals surface area contributed by atoms with Crippen LogP contribution in [0.15, 0.2) is 30.6 Å². The molecule has 0 spiro atoms. The number of aromatic nitrogens is 2. The van der Waals surface area contributed by atoms with Gasteiger partial charge in [0.1, 0.15) is 0 Å². The van der Waals surface area contributed by atoms with Gasteiger partial charge in [0.05, 0.1) is 6.20 Å². The molecule has 94 valence electrons. The van der Waals surface area contributed by atoms with Crippen LogP contribution in [0, 0.1) is 0 Å². The Morgan fingerprint density at radius 3 is 2.78 bits per heavy atom. The van der Waals surface area contributed by atoms with E-state index >= 15 is 0 Å². The van der Waals surface area contributed by atoms with Crippen LogP contribution in [0.5, 0.6) is 0 Å². The third kappa shape index (κ3) is 1.70. The molecule has 18 heavy (non-hydrogen) atoms. The molecule has 0 N–H and O–H groups in total. The van der Waals surface area contributed by atoms with E-state index in [2.05, 4.69) is 48.4 Å². The molecule has 1 aromatic heterocycles. The van der Waals surface area contributed by atoms with Crippen LogP contribution in [0.4, 0.5) is 5.69 Å². The third-order valence-corrected chi connectivity index (χ3v) is 3.90. The van der Waals surface area contributed by atoms with Crippen LogP contribution < -0.4 is 4.90 Å². The Hall–Kier alpha value is -1.77. The minimum Gasteiger partial charge on any atom is -0.374 e. The van der Waals surface area contributed by atoms with Gasteiger partial charge in [-0.15, -0.1) is 0 Å². The van der Waals surface area contributed by atoms with Gasteiger partial charge in [-0.05, 0) is 29.7 Å². The zero-order valence-corrected chi connectivity index (χ0v) is 11.2. The maximum absolute atomic E-state index is 4.25. The van der Waals surface area contributed by atoms with Gasteiger partial charge in [-0.1, -0.05) is 13.0 Å². The second-order valence-corrected chi connectivity index (χ2v) is 5.16. The molecule has 1 aliphatic heterocycles. The number of hydrogen-bond donors (Lipinski definition) is 0. The van der Waals surface area contributed by atoms with Gasteiger partial charge >= 0.3 is 0 Å². The van der Waals surface area contributed by atoms with E-state index in [-0.39, 0.29) is 0 Å². The number of hydrogen-bond acceptors (Lipinski definition) is 2. The van der Waals surface area contributed by atoms with Crippen LogP contribution in [-0.4, -0.2) is 23.4 Å². The first kappa shape index (κ1) is 11.3. The molecule has 1 atom stereocenters. The molecule has 0 saturated carbocycles. The zero-order chi connectivity index (χ0) is 12.7. The van der Waals surface area contributed by atoms with E-state index in [4.69, 9.17) is 0 Å². The lowest BCUT2D eigenvalue weighted by Gasteiger charge is -2.11. The summed E-state index contributed by atoms with van der Waals surface area (Å²) in [4.78, 5) is 2.36. The molecule has 3 heteroatoms. The van der Waals surface area contributed by atoms with Gasteiger partial charge in [0.25, 0.3) is 0 Å². The highest BCUT2D eigenvalue weighted by Gasteiger charge is 2.25. The summed E-state index contributed by atoms with van der Waals surface area (Å²) in [5.41, 5.74) is 5.34. The Morgan fingerprint density at radius 2 is 2.11 bits per heavy atom. The van der Waals surface area contributed by atoms with Gasteiger partial charge in [-0.2, -0.15) is 5.10 Å². The Kier molecular flexibility index (Phi) is 2.62. The fourth-order valence-corrected chi connectivity index (χ4v) is 2.86. The largest absolute Gasteiger partial charge is 0.374 e. The predicted molar refractivity (Wildman–Crippen MR) is 74.9 cm³/mol. The van der Waals surface area contributed by atoms with Crippen molar-refractivity contribution in [2.24, 2.45) is 7.05 Å². The molecular weight excluding hydrogens is 222 g/mol. The van der Waals surface area contributed by atoms with Gasteiger partial charge in [0, 0.05) is 44.0 Å². The summed E-state index contributed by atoms with van der Waals surface area (Å²) >= 11 is 0. The normalized spacial score (nSPS) is 18.2. The van der Waals surface area contributed by atoms with E-state index in [1.165, 1.54) is 28.8 Å². The number of rotatable bonds is 2. The summed E-state index contributed by atoms with van der Waals surface area (Å²) in [6.07, 6.45) is 5.20. The van der Waals surface area contributed by atoms with Crippen molar-refractivity contribution in [1.82, 2.24) is 9.78 Å². The summed E-state index contributed by atoms with van der Waals surface area (Å²) < 4.78 is 1.85. The highest BCUT2D eigenvalue weighted by atomic mass is 15.2. The van der Waals surface area contributed by atoms with Crippen molar-refractivity contribution in [3.63, 3.8) is 0 Å². The molecule has 0 fully saturated rings. The minimum absolute atomic E-state index is 0.668. The lowest BCUT2D eigenvalue weighted by Crippen LogP contribution is -2.14. The molecule has 1 unspecified atom stereocenters. The maximum atomic E-state index is 4.25. The van der Waals surface area contributed by atoms with E-state index in [9.17, 15) is 0 Å². The first-order valence-corrected chi connectivity index (χ1v) is 6.53. The molecule has 0 amide bonds. The molecule has 2 heterocycles. The highest BCUT2D eigenvalue weighted by molar-refractivity contribution is 5.70. The van der Waals surface area contributed by atoms with Gasteiger partial charge in [0.15, 0.2) is 0 Å². The average Bonchev–Trinajstić information content (AvgIpc) is 2.93. The molecule has 0 saturated heterocycles. The molecule has 1 aliphatic rings. The fourth-order valence-electron chi connectivity index (χ4n) is 2.86. The zero-order valence-electron chi connectivity index (χ0n) is 11.2. The lowest BCUT2D eigenvalue weighted by molar-refractivity contribution is 0.696. The number of likely N-dealkylation sites (N-methyl/N-ethyl adjacent to an activating group) is 1. The van der Waals surface area contributed by atoms with E-state index in [0.29, 0.717) is 5.92 Å². The van der Waals surface area contributed by atoms with Crippen molar-refractivity contribution in [2.45, 2.75) is 19.3 Å². The Balaban J connectivity index is 2.05. The molecule has 3 nitrogen and oxygen atoms in total. The number of fused-ring (bicyclic) bond motifs is 1. The van der Waals surface area contributed by atoms with Crippen molar-refractivity contribution < 1.29 is 0 Å². The van der Waals surface area contributed by atoms with Crippen molar-refractivity contribution >= 4 is 5.69 Å². The minimum atomic E-state index is 0.668. The van der Waals surface area contributed by atoms with Crippen molar-refractivity contribution in [3.05, 3.63) is 36.2 Å². The maximum Gasteiger partial charge on any atom is 0.0568 e. The summed E-state index contributed by atoms with van der Waals surface area (Å²) in [7, 11) is 4.14. The SMILES string of the molecule is CCC1CN(C)c2ccc(-c3cnn(C)c3)cc21.